The zero-order chi connectivity index (χ0) is 14.3. The number of hydrogen-bond acceptors (Lipinski definition) is 3. The summed E-state index contributed by atoms with van der Waals surface area (Å²) in [5, 5.41) is 9.54. The number of rotatable bonds is 2. The van der Waals surface area contributed by atoms with Gasteiger partial charge in [0.15, 0.2) is 0 Å². The van der Waals surface area contributed by atoms with E-state index in [1.165, 1.54) is 5.56 Å². The normalized spacial score (nSPS) is 11.1. The lowest BCUT2D eigenvalue weighted by Gasteiger charge is -2.07. The van der Waals surface area contributed by atoms with Gasteiger partial charge in [0.2, 0.25) is 0 Å². The fourth-order valence-electron chi connectivity index (χ4n) is 2.47. The lowest BCUT2D eigenvalue weighted by molar-refractivity contribution is 0.478. The number of anilines is 1. The van der Waals surface area contributed by atoms with Gasteiger partial charge in [-0.2, -0.15) is 0 Å². The van der Waals surface area contributed by atoms with E-state index in [-0.39, 0.29) is 5.75 Å². The predicted molar refractivity (Wildman–Crippen MR) is 81.7 cm³/mol. The van der Waals surface area contributed by atoms with Crippen molar-refractivity contribution in [3.63, 3.8) is 0 Å². The van der Waals surface area contributed by atoms with Crippen LogP contribution in [0.2, 0.25) is 0 Å². The Morgan fingerprint density at radius 3 is 2.70 bits per heavy atom. The van der Waals surface area contributed by atoms with E-state index in [0.29, 0.717) is 5.69 Å². The second-order valence-electron chi connectivity index (χ2n) is 4.95. The minimum atomic E-state index is 0.101. The number of aromatic nitrogens is 2. The summed E-state index contributed by atoms with van der Waals surface area (Å²) in [5.41, 5.74) is 10.3. The van der Waals surface area contributed by atoms with Crippen molar-refractivity contribution >= 4 is 16.7 Å². The SMILES string of the molecule is CCn1c(-c2ccc(O)c(N)c2)nc2cc(C)ccc21. The summed E-state index contributed by atoms with van der Waals surface area (Å²) in [6, 6.07) is 11.5. The first kappa shape index (κ1) is 12.5. The summed E-state index contributed by atoms with van der Waals surface area (Å²) in [5.74, 6) is 0.976. The number of nitrogen functional groups attached to an aromatic ring is 1. The van der Waals surface area contributed by atoms with Crippen LogP contribution in [0.3, 0.4) is 0 Å². The minimum Gasteiger partial charge on any atom is -0.506 e. The van der Waals surface area contributed by atoms with E-state index < -0.39 is 0 Å². The van der Waals surface area contributed by atoms with E-state index in [4.69, 9.17) is 10.7 Å². The summed E-state index contributed by atoms with van der Waals surface area (Å²) in [6.07, 6.45) is 0. The zero-order valence-electron chi connectivity index (χ0n) is 11.6. The fourth-order valence-corrected chi connectivity index (χ4v) is 2.47. The molecule has 0 bridgehead atoms. The molecule has 1 heterocycles. The van der Waals surface area contributed by atoms with Crippen LogP contribution in [-0.2, 0) is 6.54 Å². The van der Waals surface area contributed by atoms with Gasteiger partial charge in [-0.1, -0.05) is 6.07 Å². The number of imidazole rings is 1. The second kappa shape index (κ2) is 4.56. The van der Waals surface area contributed by atoms with Crippen LogP contribution >= 0.6 is 0 Å². The molecule has 0 spiro atoms. The number of phenolic OH excluding ortho intramolecular Hbond substituents is 1. The van der Waals surface area contributed by atoms with E-state index in [9.17, 15) is 5.11 Å². The molecule has 0 fully saturated rings. The molecule has 4 heteroatoms. The number of benzene rings is 2. The minimum absolute atomic E-state index is 0.101. The second-order valence-corrected chi connectivity index (χ2v) is 4.95. The highest BCUT2D eigenvalue weighted by molar-refractivity contribution is 5.82. The van der Waals surface area contributed by atoms with Crippen LogP contribution in [0.25, 0.3) is 22.4 Å². The highest BCUT2D eigenvalue weighted by Gasteiger charge is 2.12. The van der Waals surface area contributed by atoms with Gasteiger partial charge in [0.25, 0.3) is 0 Å². The van der Waals surface area contributed by atoms with E-state index in [2.05, 4.69) is 36.6 Å². The molecule has 3 N–H and O–H groups in total. The molecule has 0 radical (unpaired) electrons. The van der Waals surface area contributed by atoms with Gasteiger partial charge in [0.05, 0.1) is 16.7 Å². The van der Waals surface area contributed by atoms with Crippen molar-refractivity contribution in [2.75, 3.05) is 5.73 Å². The van der Waals surface area contributed by atoms with Gasteiger partial charge >= 0.3 is 0 Å². The van der Waals surface area contributed by atoms with E-state index in [1.54, 1.807) is 12.1 Å². The van der Waals surface area contributed by atoms with Crippen molar-refractivity contribution in [1.82, 2.24) is 9.55 Å². The highest BCUT2D eigenvalue weighted by Crippen LogP contribution is 2.29. The monoisotopic (exact) mass is 267 g/mol. The molecule has 0 amide bonds. The molecule has 3 rings (SSSR count). The molecule has 0 aliphatic heterocycles. The van der Waals surface area contributed by atoms with Crippen LogP contribution in [0, 0.1) is 6.92 Å². The van der Waals surface area contributed by atoms with Crippen LogP contribution in [-0.4, -0.2) is 14.7 Å². The average molecular weight is 267 g/mol. The molecule has 0 aliphatic rings. The number of phenols is 1. The Morgan fingerprint density at radius 1 is 1.20 bits per heavy atom. The number of aromatic hydroxyl groups is 1. The lowest BCUT2D eigenvalue weighted by Crippen LogP contribution is -1.98. The van der Waals surface area contributed by atoms with Gasteiger partial charge in [0, 0.05) is 12.1 Å². The maximum absolute atomic E-state index is 9.54. The Morgan fingerprint density at radius 2 is 2.00 bits per heavy atom. The molecule has 3 aromatic rings. The third kappa shape index (κ3) is 1.90. The molecular weight excluding hydrogens is 250 g/mol. The molecule has 0 atom stereocenters. The van der Waals surface area contributed by atoms with Crippen LogP contribution < -0.4 is 5.73 Å². The standard InChI is InChI=1S/C16H17N3O/c1-3-19-14-6-4-10(2)8-13(14)18-16(19)11-5-7-15(20)12(17)9-11/h4-9,20H,3,17H2,1-2H3. The van der Waals surface area contributed by atoms with Crippen molar-refractivity contribution in [3.8, 4) is 17.1 Å². The largest absolute Gasteiger partial charge is 0.506 e. The molecule has 0 saturated carbocycles. The molecule has 0 unspecified atom stereocenters. The number of nitrogens with zero attached hydrogens (tertiary/aromatic N) is 2. The maximum Gasteiger partial charge on any atom is 0.141 e. The molecule has 2 aromatic carbocycles. The third-order valence-corrected chi connectivity index (χ3v) is 3.51. The lowest BCUT2D eigenvalue weighted by atomic mass is 10.2. The first-order valence-corrected chi connectivity index (χ1v) is 6.66. The molecule has 0 aliphatic carbocycles. The van der Waals surface area contributed by atoms with Crippen LogP contribution in [0.5, 0.6) is 5.75 Å². The number of nitrogens with two attached hydrogens (primary N) is 1. The maximum atomic E-state index is 9.54. The van der Waals surface area contributed by atoms with Gasteiger partial charge in [-0.25, -0.2) is 4.98 Å². The first-order chi connectivity index (χ1) is 9.60. The molecule has 20 heavy (non-hydrogen) atoms. The van der Waals surface area contributed by atoms with Crippen LogP contribution in [0.4, 0.5) is 5.69 Å². The van der Waals surface area contributed by atoms with E-state index in [1.807, 2.05) is 6.07 Å². The Kier molecular flexibility index (Phi) is 2.86. The summed E-state index contributed by atoms with van der Waals surface area (Å²) >= 11 is 0. The predicted octanol–water partition coefficient (Wildman–Crippen LogP) is 3.32. The summed E-state index contributed by atoms with van der Waals surface area (Å²) in [4.78, 5) is 4.71. The van der Waals surface area contributed by atoms with Gasteiger partial charge < -0.3 is 15.4 Å². The van der Waals surface area contributed by atoms with Gasteiger partial charge in [-0.05, 0) is 49.7 Å². The molecule has 0 saturated heterocycles. The summed E-state index contributed by atoms with van der Waals surface area (Å²) in [7, 11) is 0. The topological polar surface area (TPSA) is 64.1 Å². The molecule has 4 nitrogen and oxygen atoms in total. The zero-order valence-corrected chi connectivity index (χ0v) is 11.6. The number of fused-ring (bicyclic) bond motifs is 1. The quantitative estimate of drug-likeness (QED) is 0.553. The molecule has 102 valence electrons. The smallest absolute Gasteiger partial charge is 0.141 e. The van der Waals surface area contributed by atoms with Gasteiger partial charge in [-0.3, -0.25) is 0 Å². The Balaban J connectivity index is 2.26. The number of hydrogen-bond donors (Lipinski definition) is 2. The van der Waals surface area contributed by atoms with Crippen LogP contribution in [0.1, 0.15) is 12.5 Å². The van der Waals surface area contributed by atoms with Crippen molar-refractivity contribution in [3.05, 3.63) is 42.0 Å². The first-order valence-electron chi connectivity index (χ1n) is 6.66. The third-order valence-electron chi connectivity index (χ3n) is 3.51. The number of aryl methyl sites for hydroxylation is 2. The van der Waals surface area contributed by atoms with E-state index in [0.717, 1.165) is 29.0 Å². The highest BCUT2D eigenvalue weighted by atomic mass is 16.3. The van der Waals surface area contributed by atoms with Crippen molar-refractivity contribution < 1.29 is 5.11 Å². The van der Waals surface area contributed by atoms with Gasteiger partial charge in [-0.15, -0.1) is 0 Å². The fraction of sp³-hybridized carbons (Fsp3) is 0.188. The Bertz CT molecular complexity index is 790. The summed E-state index contributed by atoms with van der Waals surface area (Å²) < 4.78 is 2.15. The van der Waals surface area contributed by atoms with Crippen molar-refractivity contribution in [2.24, 2.45) is 0 Å². The Labute approximate surface area is 117 Å². The Hall–Kier alpha value is -2.49. The molecule has 1 aromatic heterocycles. The molecular formula is C16H17N3O. The van der Waals surface area contributed by atoms with Gasteiger partial charge in [0.1, 0.15) is 11.6 Å². The summed E-state index contributed by atoms with van der Waals surface area (Å²) in [6.45, 7) is 4.98. The van der Waals surface area contributed by atoms with Crippen molar-refractivity contribution in [1.29, 1.82) is 0 Å². The average Bonchev–Trinajstić information content (AvgIpc) is 2.79. The van der Waals surface area contributed by atoms with Crippen LogP contribution in [0.15, 0.2) is 36.4 Å². The van der Waals surface area contributed by atoms with E-state index >= 15 is 0 Å². The van der Waals surface area contributed by atoms with Crippen molar-refractivity contribution in [2.45, 2.75) is 20.4 Å².